The number of ether oxygens (including phenoxy) is 1. The predicted molar refractivity (Wildman–Crippen MR) is 71.0 cm³/mol. The molecule has 2 atom stereocenters. The lowest BCUT2D eigenvalue weighted by Gasteiger charge is -2.31. The third kappa shape index (κ3) is 3.66. The molecule has 2 heterocycles. The first kappa shape index (κ1) is 14.2. The molecular formula is C12H24N2O3S. The van der Waals surface area contributed by atoms with Gasteiger partial charge in [-0.3, -0.25) is 0 Å². The van der Waals surface area contributed by atoms with Gasteiger partial charge in [0.25, 0.3) is 0 Å². The minimum Gasteiger partial charge on any atom is -0.372 e. The summed E-state index contributed by atoms with van der Waals surface area (Å²) in [7, 11) is -3.08. The second-order valence-electron chi connectivity index (χ2n) is 5.19. The summed E-state index contributed by atoms with van der Waals surface area (Å²) in [5.74, 6) is 0.253. The average molecular weight is 276 g/mol. The van der Waals surface area contributed by atoms with Gasteiger partial charge in [-0.05, 0) is 38.8 Å². The van der Waals surface area contributed by atoms with Crippen LogP contribution in [-0.4, -0.2) is 56.9 Å². The second kappa shape index (κ2) is 6.32. The number of hydrogen-bond acceptors (Lipinski definition) is 4. The van der Waals surface area contributed by atoms with Crippen molar-refractivity contribution in [3.8, 4) is 0 Å². The van der Waals surface area contributed by atoms with Crippen molar-refractivity contribution in [2.75, 3.05) is 31.9 Å². The van der Waals surface area contributed by atoms with Gasteiger partial charge in [0.15, 0.2) is 0 Å². The van der Waals surface area contributed by atoms with E-state index in [9.17, 15) is 8.42 Å². The van der Waals surface area contributed by atoms with E-state index in [2.05, 4.69) is 12.2 Å². The van der Waals surface area contributed by atoms with Crippen molar-refractivity contribution in [3.05, 3.63) is 0 Å². The van der Waals surface area contributed by atoms with Gasteiger partial charge >= 0.3 is 0 Å². The minimum atomic E-state index is -3.08. The van der Waals surface area contributed by atoms with Crippen molar-refractivity contribution in [1.29, 1.82) is 0 Å². The Morgan fingerprint density at radius 2 is 1.89 bits per heavy atom. The summed E-state index contributed by atoms with van der Waals surface area (Å²) in [6, 6.07) is 0. The Morgan fingerprint density at radius 3 is 2.50 bits per heavy atom. The van der Waals surface area contributed by atoms with E-state index < -0.39 is 10.0 Å². The Labute approximate surface area is 110 Å². The fourth-order valence-electron chi connectivity index (χ4n) is 2.62. The largest absolute Gasteiger partial charge is 0.372 e. The molecule has 2 aliphatic rings. The predicted octanol–water partition coefficient (Wildman–Crippen LogP) is 0.569. The van der Waals surface area contributed by atoms with Crippen molar-refractivity contribution in [2.24, 2.45) is 0 Å². The van der Waals surface area contributed by atoms with Crippen LogP contribution in [0.1, 0.15) is 32.6 Å². The normalized spacial score (nSPS) is 28.7. The van der Waals surface area contributed by atoms with Crippen LogP contribution in [0.25, 0.3) is 0 Å². The standard InChI is InChI=1S/C12H24N2O3S/c1-2-6-13-7-3-8-18(15,16)14-9-11-4-5-12(10-14)17-11/h11-13H,2-10H2,1H3. The number of nitrogens with zero attached hydrogens (tertiary/aromatic N) is 1. The van der Waals surface area contributed by atoms with Gasteiger partial charge in [-0.25, -0.2) is 8.42 Å². The molecule has 2 rings (SSSR count). The molecule has 2 fully saturated rings. The highest BCUT2D eigenvalue weighted by molar-refractivity contribution is 7.89. The molecule has 0 radical (unpaired) electrons. The van der Waals surface area contributed by atoms with Gasteiger partial charge in [0.2, 0.25) is 10.0 Å². The van der Waals surface area contributed by atoms with Crippen molar-refractivity contribution >= 4 is 10.0 Å². The summed E-state index contributed by atoms with van der Waals surface area (Å²) >= 11 is 0. The van der Waals surface area contributed by atoms with Crippen LogP contribution in [-0.2, 0) is 14.8 Å². The Morgan fingerprint density at radius 1 is 1.22 bits per heavy atom. The highest BCUT2D eigenvalue weighted by atomic mass is 32.2. The number of rotatable bonds is 7. The average Bonchev–Trinajstić information content (AvgIpc) is 2.68. The van der Waals surface area contributed by atoms with Crippen LogP contribution < -0.4 is 5.32 Å². The number of nitrogens with one attached hydrogen (secondary N) is 1. The third-order valence-corrected chi connectivity index (χ3v) is 5.48. The van der Waals surface area contributed by atoms with Crippen molar-refractivity contribution in [2.45, 2.75) is 44.8 Å². The van der Waals surface area contributed by atoms with E-state index in [1.165, 1.54) is 0 Å². The fourth-order valence-corrected chi connectivity index (χ4v) is 4.17. The lowest BCUT2D eigenvalue weighted by Crippen LogP contribution is -2.46. The second-order valence-corrected chi connectivity index (χ2v) is 7.28. The molecule has 0 spiro atoms. The molecule has 106 valence electrons. The molecule has 6 heteroatoms. The van der Waals surface area contributed by atoms with Gasteiger partial charge < -0.3 is 10.1 Å². The van der Waals surface area contributed by atoms with Gasteiger partial charge in [-0.15, -0.1) is 0 Å². The van der Waals surface area contributed by atoms with Crippen molar-refractivity contribution in [1.82, 2.24) is 9.62 Å². The summed E-state index contributed by atoms with van der Waals surface area (Å²) in [5.41, 5.74) is 0. The molecule has 0 aromatic rings. The Kier molecular flexibility index (Phi) is 5.00. The van der Waals surface area contributed by atoms with E-state index >= 15 is 0 Å². The highest BCUT2D eigenvalue weighted by Gasteiger charge is 2.38. The SMILES string of the molecule is CCCNCCCS(=O)(=O)N1CC2CCC(C1)O2. The quantitative estimate of drug-likeness (QED) is 0.691. The maximum Gasteiger partial charge on any atom is 0.214 e. The van der Waals surface area contributed by atoms with Gasteiger partial charge in [0.1, 0.15) is 0 Å². The van der Waals surface area contributed by atoms with Gasteiger partial charge in [-0.1, -0.05) is 6.92 Å². The first-order chi connectivity index (χ1) is 8.62. The van der Waals surface area contributed by atoms with E-state index in [4.69, 9.17) is 4.74 Å². The van der Waals surface area contributed by atoms with E-state index in [-0.39, 0.29) is 18.0 Å². The van der Waals surface area contributed by atoms with Crippen LogP contribution >= 0.6 is 0 Å². The van der Waals surface area contributed by atoms with Crippen LogP contribution in [0, 0.1) is 0 Å². The zero-order valence-corrected chi connectivity index (χ0v) is 11.9. The van der Waals surface area contributed by atoms with E-state index in [1.54, 1.807) is 4.31 Å². The Hall–Kier alpha value is -0.170. The van der Waals surface area contributed by atoms with Crippen LogP contribution in [0.5, 0.6) is 0 Å². The highest BCUT2D eigenvalue weighted by Crippen LogP contribution is 2.27. The van der Waals surface area contributed by atoms with E-state index in [1.807, 2.05) is 0 Å². The lowest BCUT2D eigenvalue weighted by molar-refractivity contribution is -0.0114. The lowest BCUT2D eigenvalue weighted by atomic mass is 10.2. The summed E-state index contributed by atoms with van der Waals surface area (Å²) in [5, 5.41) is 3.23. The monoisotopic (exact) mass is 276 g/mol. The van der Waals surface area contributed by atoms with Crippen LogP contribution in [0.4, 0.5) is 0 Å². The zero-order chi connectivity index (χ0) is 13.0. The zero-order valence-electron chi connectivity index (χ0n) is 11.1. The Balaban J connectivity index is 1.76. The molecule has 0 aliphatic carbocycles. The van der Waals surface area contributed by atoms with E-state index in [0.717, 1.165) is 32.4 Å². The van der Waals surface area contributed by atoms with Crippen LogP contribution in [0.15, 0.2) is 0 Å². The molecule has 18 heavy (non-hydrogen) atoms. The number of morpholine rings is 1. The molecule has 5 nitrogen and oxygen atoms in total. The topological polar surface area (TPSA) is 58.6 Å². The molecule has 0 aromatic carbocycles. The van der Waals surface area contributed by atoms with Gasteiger partial charge in [0, 0.05) is 13.1 Å². The Bertz CT molecular complexity index is 346. The number of hydrogen-bond donors (Lipinski definition) is 1. The summed E-state index contributed by atoms with van der Waals surface area (Å²) in [6.07, 6.45) is 4.06. The van der Waals surface area contributed by atoms with Gasteiger partial charge in [-0.2, -0.15) is 4.31 Å². The molecule has 1 N–H and O–H groups in total. The van der Waals surface area contributed by atoms with Crippen LogP contribution in [0.3, 0.4) is 0 Å². The maximum atomic E-state index is 12.2. The molecule has 0 amide bonds. The third-order valence-electron chi connectivity index (χ3n) is 3.59. The molecule has 0 saturated carbocycles. The summed E-state index contributed by atoms with van der Waals surface area (Å²) in [6.45, 7) is 4.96. The minimum absolute atomic E-state index is 0.136. The first-order valence-electron chi connectivity index (χ1n) is 6.96. The fraction of sp³-hybridized carbons (Fsp3) is 1.00. The first-order valence-corrected chi connectivity index (χ1v) is 8.56. The molecular weight excluding hydrogens is 252 g/mol. The van der Waals surface area contributed by atoms with Gasteiger partial charge in [0.05, 0.1) is 18.0 Å². The van der Waals surface area contributed by atoms with Crippen molar-refractivity contribution < 1.29 is 13.2 Å². The van der Waals surface area contributed by atoms with Crippen LogP contribution in [0.2, 0.25) is 0 Å². The molecule has 2 saturated heterocycles. The smallest absolute Gasteiger partial charge is 0.214 e. The summed E-state index contributed by atoms with van der Waals surface area (Å²) in [4.78, 5) is 0. The molecule has 2 unspecified atom stereocenters. The van der Waals surface area contributed by atoms with E-state index in [0.29, 0.717) is 19.5 Å². The van der Waals surface area contributed by atoms with Crippen molar-refractivity contribution in [3.63, 3.8) is 0 Å². The molecule has 2 bridgehead atoms. The number of sulfonamides is 1. The summed E-state index contributed by atoms with van der Waals surface area (Å²) < 4.78 is 31.7. The molecule has 2 aliphatic heterocycles. The molecule has 0 aromatic heterocycles. The maximum absolute atomic E-state index is 12.2. The number of fused-ring (bicyclic) bond motifs is 2.